The average Bonchev–Trinajstić information content (AvgIpc) is 0.808. The first-order valence-electron chi connectivity index (χ1n) is 30.0. The first-order valence-corrected chi connectivity index (χ1v) is 30.0. The molecule has 3 aliphatic heterocycles. The van der Waals surface area contributed by atoms with E-state index < -0.39 is 17.9 Å². The molecule has 0 bridgehead atoms. The van der Waals surface area contributed by atoms with Gasteiger partial charge in [0.1, 0.15) is 40.5 Å². The number of rotatable bonds is 18. The predicted octanol–water partition coefficient (Wildman–Crippen LogP) is 13.4. The smallest absolute Gasteiger partial charge is 0.204 e. The fourth-order valence-corrected chi connectivity index (χ4v) is 9.80. The monoisotopic (exact) mass is 1260 g/mol. The summed E-state index contributed by atoms with van der Waals surface area (Å²) in [7, 11) is 16.3. The van der Waals surface area contributed by atoms with Crippen molar-refractivity contribution < 1.29 is 96.0 Å². The van der Waals surface area contributed by atoms with E-state index in [0.29, 0.717) is 105 Å². The molecule has 0 saturated carbocycles. The maximum absolute atomic E-state index is 13.5. The summed E-state index contributed by atoms with van der Waals surface area (Å²) >= 11 is 0. The second-order valence-electron chi connectivity index (χ2n) is 18.4. The Balaban J connectivity index is 0.000000431. The highest BCUT2D eigenvalue weighted by atomic mass is 16.6. The Labute approximate surface area is 532 Å². The standard InChI is InChI=1S/C21H24O8.C20H22O7.C19H20O5.5C2H6/c1-25-14-6-5-12(7-13(14)23)9-21(10-22)11-29-15-8-16(26-2)18(27-3)19(28-4)17(15)20(21)24;1-23-14-6-5-11(8-13(14)21)7-12-10-27-15-9-16(24-2)19(25-3)20(26-4)17(15)18(12)22;1-21-15-10-14-16(19(23-3)18(15)22-2)17(20)13(11-24-14)9-12-7-5-4-6-8-12;5*1-2/h5-8,22-23H,9-11H2,1-4H3;5-6,8-9,12,21H,7,10H2,1-4H3;4-8,10,13H,9,11H2,1-3H3;5*1-2H3. The maximum Gasteiger partial charge on any atom is 0.204 e. The summed E-state index contributed by atoms with van der Waals surface area (Å²) in [6.45, 7) is 20.1. The second kappa shape index (κ2) is 39.2. The highest BCUT2D eigenvalue weighted by Crippen LogP contribution is 2.52. The van der Waals surface area contributed by atoms with Crippen LogP contribution in [0.4, 0.5) is 0 Å². The van der Waals surface area contributed by atoms with Crippen molar-refractivity contribution >= 4 is 17.3 Å². The van der Waals surface area contributed by atoms with Crippen LogP contribution in [-0.4, -0.2) is 137 Å². The van der Waals surface area contributed by atoms with Gasteiger partial charge in [-0.2, -0.15) is 0 Å². The maximum atomic E-state index is 13.5. The van der Waals surface area contributed by atoms with Crippen LogP contribution < -0.4 is 66.3 Å². The van der Waals surface area contributed by atoms with Gasteiger partial charge < -0.3 is 81.6 Å². The Hall–Kier alpha value is -8.91. The van der Waals surface area contributed by atoms with E-state index >= 15 is 0 Å². The molecular weight excluding hydrogens is 1160 g/mol. The molecule has 3 heterocycles. The third-order valence-electron chi connectivity index (χ3n) is 13.8. The lowest BCUT2D eigenvalue weighted by Gasteiger charge is -2.36. The number of fused-ring (bicyclic) bond motifs is 3. The zero-order chi connectivity index (χ0) is 67.8. The van der Waals surface area contributed by atoms with Crippen LogP contribution in [0, 0.1) is 17.3 Å². The molecule has 3 atom stereocenters. The zero-order valence-electron chi connectivity index (χ0n) is 56.5. The topological polar surface area (TPSA) is 241 Å². The van der Waals surface area contributed by atoms with Crippen LogP contribution in [0.5, 0.6) is 92.0 Å². The average molecular weight is 1260 g/mol. The second-order valence-corrected chi connectivity index (χ2v) is 18.4. The van der Waals surface area contributed by atoms with Crippen LogP contribution in [-0.2, 0) is 19.3 Å². The van der Waals surface area contributed by atoms with Crippen molar-refractivity contribution in [2.24, 2.45) is 17.3 Å². The number of ether oxygens (including phenoxy) is 14. The van der Waals surface area contributed by atoms with Crippen LogP contribution in [0.1, 0.15) is 117 Å². The van der Waals surface area contributed by atoms with E-state index in [1.54, 1.807) is 42.5 Å². The number of methoxy groups -OCH3 is 11. The number of Topliss-reactive ketones (excluding diaryl/α,β-unsaturated/α-hetero) is 3. The molecule has 3 unspecified atom stereocenters. The van der Waals surface area contributed by atoms with Crippen molar-refractivity contribution in [2.75, 3.05) is 105 Å². The van der Waals surface area contributed by atoms with Gasteiger partial charge in [0.25, 0.3) is 0 Å². The lowest BCUT2D eigenvalue weighted by Crippen LogP contribution is -2.46. The van der Waals surface area contributed by atoms with Crippen molar-refractivity contribution in [3.8, 4) is 92.0 Å². The fraction of sp³-hybridized carbons (Fsp3) is 0.443. The Kier molecular flexibility index (Phi) is 33.6. The molecule has 20 nitrogen and oxygen atoms in total. The molecule has 6 aromatic carbocycles. The minimum atomic E-state index is -1.25. The van der Waals surface area contributed by atoms with Gasteiger partial charge in [0.05, 0.1) is 115 Å². The zero-order valence-corrected chi connectivity index (χ0v) is 56.5. The molecule has 0 spiro atoms. The minimum Gasteiger partial charge on any atom is -0.504 e. The molecule has 3 aliphatic rings. The largest absolute Gasteiger partial charge is 0.504 e. The molecule has 0 fully saturated rings. The van der Waals surface area contributed by atoms with Crippen molar-refractivity contribution in [1.29, 1.82) is 0 Å². The number of phenols is 2. The normalized spacial score (nSPS) is 15.1. The van der Waals surface area contributed by atoms with Gasteiger partial charge in [0, 0.05) is 18.2 Å². The lowest BCUT2D eigenvalue weighted by atomic mass is 9.74. The summed E-state index contributed by atoms with van der Waals surface area (Å²) in [5.74, 6) is 3.85. The van der Waals surface area contributed by atoms with Gasteiger partial charge in [0.15, 0.2) is 74.8 Å². The Morgan fingerprint density at radius 2 is 0.744 bits per heavy atom. The summed E-state index contributed by atoms with van der Waals surface area (Å²) in [6, 6.07) is 24.7. The Morgan fingerprint density at radius 1 is 0.400 bits per heavy atom. The summed E-state index contributed by atoms with van der Waals surface area (Å²) in [4.78, 5) is 39.7. The first-order chi connectivity index (χ1) is 43.7. The Bertz CT molecular complexity index is 3200. The van der Waals surface area contributed by atoms with E-state index in [0.717, 1.165) is 11.1 Å². The van der Waals surface area contributed by atoms with E-state index in [2.05, 4.69) is 0 Å². The van der Waals surface area contributed by atoms with E-state index in [1.807, 2.05) is 106 Å². The highest BCUT2D eigenvalue weighted by molar-refractivity contribution is 6.08. The Morgan fingerprint density at radius 3 is 1.10 bits per heavy atom. The van der Waals surface area contributed by atoms with E-state index in [9.17, 15) is 29.7 Å². The molecule has 0 amide bonds. The number of phenolic OH excluding ortho intramolecular Hbond substituents is 2. The number of aromatic hydroxyl groups is 2. The number of benzene rings is 6. The number of carbonyl (C=O) groups is 3. The van der Waals surface area contributed by atoms with Gasteiger partial charge in [-0.25, -0.2) is 0 Å². The van der Waals surface area contributed by atoms with Crippen molar-refractivity contribution in [3.05, 3.63) is 118 Å². The molecule has 496 valence electrons. The molecule has 9 rings (SSSR count). The molecule has 0 aromatic heterocycles. The first kappa shape index (κ1) is 77.2. The van der Waals surface area contributed by atoms with Crippen molar-refractivity contribution in [3.63, 3.8) is 0 Å². The summed E-state index contributed by atoms with van der Waals surface area (Å²) in [6.07, 6.45) is 1.18. The van der Waals surface area contributed by atoms with Crippen LogP contribution in [0.15, 0.2) is 84.9 Å². The van der Waals surface area contributed by atoms with Gasteiger partial charge in [-0.05, 0) is 60.2 Å². The SMILES string of the molecule is CC.CC.CC.CC.CC.COc1cc2c(c(OC)c1OC)C(=O)C(Cc1ccccc1)CO2.COc1ccc(CC2(CO)COc3cc(OC)c(OC)c(OC)c3C2=O)cc1O.COc1ccc(CC2COc3cc(OC)c(OC)c(OC)c3C2=O)cc1O. The minimum absolute atomic E-state index is 0.00194. The van der Waals surface area contributed by atoms with E-state index in [1.165, 1.54) is 84.3 Å². The van der Waals surface area contributed by atoms with Crippen molar-refractivity contribution in [2.45, 2.75) is 88.5 Å². The number of ketones is 3. The summed E-state index contributed by atoms with van der Waals surface area (Å²) in [5.41, 5.74) is 2.24. The lowest BCUT2D eigenvalue weighted by molar-refractivity contribution is 0.0375. The molecule has 0 aliphatic carbocycles. The number of carbonyl (C=O) groups excluding carboxylic acids is 3. The van der Waals surface area contributed by atoms with E-state index in [4.69, 9.17) is 66.3 Å². The molecule has 3 N–H and O–H groups in total. The molecule has 20 heteroatoms. The fourth-order valence-electron chi connectivity index (χ4n) is 9.80. The molecule has 0 saturated heterocycles. The quantitative estimate of drug-likeness (QED) is 0.0724. The van der Waals surface area contributed by atoms with Gasteiger partial charge in [-0.3, -0.25) is 14.4 Å². The van der Waals surface area contributed by atoms with Crippen LogP contribution in [0.2, 0.25) is 0 Å². The molecule has 6 aromatic rings. The van der Waals surface area contributed by atoms with Crippen LogP contribution >= 0.6 is 0 Å². The van der Waals surface area contributed by atoms with Crippen molar-refractivity contribution in [1.82, 2.24) is 0 Å². The van der Waals surface area contributed by atoms with E-state index in [-0.39, 0.29) is 71.5 Å². The third-order valence-corrected chi connectivity index (χ3v) is 13.8. The van der Waals surface area contributed by atoms with Crippen LogP contribution in [0.25, 0.3) is 0 Å². The third kappa shape index (κ3) is 17.7. The summed E-state index contributed by atoms with van der Waals surface area (Å²) < 4.78 is 75.9. The molecule has 90 heavy (non-hydrogen) atoms. The number of hydrogen-bond acceptors (Lipinski definition) is 20. The molecule has 0 radical (unpaired) electrons. The predicted molar refractivity (Wildman–Crippen MR) is 348 cm³/mol. The number of aliphatic hydroxyl groups excluding tert-OH is 1. The van der Waals surface area contributed by atoms with Gasteiger partial charge in [0.2, 0.25) is 17.2 Å². The van der Waals surface area contributed by atoms with Gasteiger partial charge in [-0.1, -0.05) is 112 Å². The number of aliphatic hydroxyl groups is 1. The van der Waals surface area contributed by atoms with Gasteiger partial charge >= 0.3 is 0 Å². The van der Waals surface area contributed by atoms with Crippen LogP contribution in [0.3, 0.4) is 0 Å². The highest BCUT2D eigenvalue weighted by Gasteiger charge is 2.47. The molecular formula is C70H96O20. The van der Waals surface area contributed by atoms with Gasteiger partial charge in [-0.15, -0.1) is 0 Å². The number of hydrogen-bond donors (Lipinski definition) is 3. The summed E-state index contributed by atoms with van der Waals surface area (Å²) in [5, 5.41) is 30.2.